The molecule has 1 aromatic carbocycles. The number of rotatable bonds is 8. The van der Waals surface area contributed by atoms with E-state index in [0.717, 1.165) is 0 Å². The van der Waals surface area contributed by atoms with Gasteiger partial charge in [-0.3, -0.25) is 15.3 Å². The second-order valence-corrected chi connectivity index (χ2v) is 7.17. The van der Waals surface area contributed by atoms with E-state index in [1.807, 2.05) is 6.07 Å². The first kappa shape index (κ1) is 20.9. The SMILES string of the molecule is CON/C=C(C#N)/C=C/C=Nc1ccc(S(=O)(=O)Nc2onc(C)c2C)cc1. The van der Waals surface area contributed by atoms with Crippen LogP contribution in [0.25, 0.3) is 0 Å². The second-order valence-electron chi connectivity index (χ2n) is 5.49. The Morgan fingerprint density at radius 1 is 1.32 bits per heavy atom. The lowest BCUT2D eigenvalue weighted by molar-refractivity contribution is 0.128. The summed E-state index contributed by atoms with van der Waals surface area (Å²) in [6, 6.07) is 7.95. The van der Waals surface area contributed by atoms with Crippen molar-refractivity contribution in [3.63, 3.8) is 0 Å². The Hall–Kier alpha value is -3.42. The normalized spacial score (nSPS) is 12.4. The maximum absolute atomic E-state index is 12.4. The van der Waals surface area contributed by atoms with Crippen molar-refractivity contribution < 1.29 is 17.8 Å². The highest BCUT2D eigenvalue weighted by molar-refractivity contribution is 7.92. The third kappa shape index (κ3) is 5.54. The number of nitrogens with zero attached hydrogens (tertiary/aromatic N) is 3. The molecule has 0 radical (unpaired) electrons. The van der Waals surface area contributed by atoms with Crippen molar-refractivity contribution in [2.24, 2.45) is 4.99 Å². The Balaban J connectivity index is 2.06. The fourth-order valence-electron chi connectivity index (χ4n) is 1.92. The Morgan fingerprint density at radius 3 is 2.61 bits per heavy atom. The highest BCUT2D eigenvalue weighted by atomic mass is 32.2. The van der Waals surface area contributed by atoms with Gasteiger partial charge in [0, 0.05) is 18.0 Å². The summed E-state index contributed by atoms with van der Waals surface area (Å²) in [5.41, 5.74) is 4.58. The van der Waals surface area contributed by atoms with E-state index in [1.165, 1.54) is 31.7 Å². The van der Waals surface area contributed by atoms with Crippen LogP contribution in [0, 0.1) is 25.2 Å². The highest BCUT2D eigenvalue weighted by Gasteiger charge is 2.18. The number of hydroxylamine groups is 1. The lowest BCUT2D eigenvalue weighted by Gasteiger charge is -2.05. The molecular weight excluding hydrogens is 382 g/mol. The van der Waals surface area contributed by atoms with Crippen molar-refractivity contribution in [1.29, 1.82) is 5.26 Å². The third-order valence-corrected chi connectivity index (χ3v) is 4.92. The first-order chi connectivity index (χ1) is 13.4. The van der Waals surface area contributed by atoms with Crippen LogP contribution in [0.2, 0.25) is 0 Å². The summed E-state index contributed by atoms with van der Waals surface area (Å²) in [5.74, 6) is 0.0917. The first-order valence-corrected chi connectivity index (χ1v) is 9.51. The summed E-state index contributed by atoms with van der Waals surface area (Å²) in [5, 5.41) is 12.6. The zero-order valence-electron chi connectivity index (χ0n) is 15.5. The number of anilines is 1. The maximum Gasteiger partial charge on any atom is 0.264 e. The van der Waals surface area contributed by atoms with Crippen LogP contribution in [-0.4, -0.2) is 26.9 Å². The van der Waals surface area contributed by atoms with Gasteiger partial charge in [-0.2, -0.15) is 5.26 Å². The Bertz CT molecular complexity index is 1040. The number of nitrogens with one attached hydrogen (secondary N) is 2. The van der Waals surface area contributed by atoms with E-state index in [0.29, 0.717) is 22.5 Å². The number of benzene rings is 1. The van der Waals surface area contributed by atoms with Crippen LogP contribution in [0.1, 0.15) is 11.3 Å². The van der Waals surface area contributed by atoms with Gasteiger partial charge in [0.05, 0.1) is 29.0 Å². The quantitative estimate of drug-likeness (QED) is 0.301. The minimum atomic E-state index is -3.80. The molecule has 0 atom stereocenters. The molecule has 0 aliphatic carbocycles. The molecule has 2 aromatic rings. The molecule has 146 valence electrons. The monoisotopic (exact) mass is 401 g/mol. The van der Waals surface area contributed by atoms with Gasteiger partial charge < -0.3 is 4.52 Å². The highest BCUT2D eigenvalue weighted by Crippen LogP contribution is 2.23. The van der Waals surface area contributed by atoms with Crippen LogP contribution in [0.5, 0.6) is 0 Å². The molecule has 0 spiro atoms. The van der Waals surface area contributed by atoms with Gasteiger partial charge in [0.1, 0.15) is 6.07 Å². The fourth-order valence-corrected chi connectivity index (χ4v) is 2.97. The molecule has 2 N–H and O–H groups in total. The lowest BCUT2D eigenvalue weighted by atomic mass is 10.3. The molecule has 0 fully saturated rings. The Kier molecular flexibility index (Phi) is 7.08. The predicted molar refractivity (Wildman–Crippen MR) is 104 cm³/mol. The molecule has 0 aliphatic heterocycles. The summed E-state index contributed by atoms with van der Waals surface area (Å²) in [6.07, 6.45) is 6.00. The van der Waals surface area contributed by atoms with Crippen molar-refractivity contribution in [3.05, 3.63) is 59.4 Å². The van der Waals surface area contributed by atoms with Gasteiger partial charge in [0.25, 0.3) is 10.0 Å². The summed E-state index contributed by atoms with van der Waals surface area (Å²) in [7, 11) is -2.37. The number of sulfonamides is 1. The van der Waals surface area contributed by atoms with E-state index in [2.05, 4.69) is 25.2 Å². The van der Waals surface area contributed by atoms with Crippen LogP contribution in [0.4, 0.5) is 11.6 Å². The Labute approximate surface area is 163 Å². The molecule has 0 bridgehead atoms. The van der Waals surface area contributed by atoms with E-state index >= 15 is 0 Å². The van der Waals surface area contributed by atoms with Gasteiger partial charge >= 0.3 is 0 Å². The van der Waals surface area contributed by atoms with Crippen molar-refractivity contribution in [1.82, 2.24) is 10.6 Å². The van der Waals surface area contributed by atoms with Crippen LogP contribution >= 0.6 is 0 Å². The average Bonchev–Trinajstić information content (AvgIpc) is 2.99. The van der Waals surface area contributed by atoms with E-state index < -0.39 is 10.0 Å². The van der Waals surface area contributed by atoms with Crippen LogP contribution in [0.3, 0.4) is 0 Å². The van der Waals surface area contributed by atoms with Crippen LogP contribution in [0.15, 0.2) is 62.6 Å². The van der Waals surface area contributed by atoms with E-state index in [9.17, 15) is 8.42 Å². The molecule has 10 heteroatoms. The van der Waals surface area contributed by atoms with Crippen molar-refractivity contribution >= 4 is 27.8 Å². The molecule has 1 heterocycles. The number of aromatic nitrogens is 1. The number of allylic oxidation sites excluding steroid dienone is 3. The van der Waals surface area contributed by atoms with E-state index in [-0.39, 0.29) is 10.8 Å². The molecule has 0 unspecified atom stereocenters. The second kappa shape index (κ2) is 9.50. The van der Waals surface area contributed by atoms with Crippen molar-refractivity contribution in [2.45, 2.75) is 18.7 Å². The molecule has 0 amide bonds. The van der Waals surface area contributed by atoms with Gasteiger partial charge in [0.15, 0.2) is 0 Å². The number of aliphatic imine (C=N–C) groups is 1. The van der Waals surface area contributed by atoms with Crippen LogP contribution in [-0.2, 0) is 14.9 Å². The van der Waals surface area contributed by atoms with E-state index in [1.54, 1.807) is 38.1 Å². The predicted octanol–water partition coefficient (Wildman–Crippen LogP) is 2.91. The van der Waals surface area contributed by atoms with Gasteiger partial charge in [-0.25, -0.2) is 13.1 Å². The molecule has 28 heavy (non-hydrogen) atoms. The Morgan fingerprint density at radius 2 is 2.04 bits per heavy atom. The zero-order chi connectivity index (χ0) is 20.6. The smallest absolute Gasteiger partial charge is 0.264 e. The molecule has 0 saturated carbocycles. The maximum atomic E-state index is 12.4. The molecule has 0 saturated heterocycles. The third-order valence-electron chi connectivity index (χ3n) is 3.58. The first-order valence-electron chi connectivity index (χ1n) is 8.02. The average molecular weight is 401 g/mol. The van der Waals surface area contributed by atoms with Crippen LogP contribution < -0.4 is 10.2 Å². The fraction of sp³-hybridized carbons (Fsp3) is 0.167. The lowest BCUT2D eigenvalue weighted by Crippen LogP contribution is -2.12. The van der Waals surface area contributed by atoms with Crippen molar-refractivity contribution in [2.75, 3.05) is 11.8 Å². The largest absolute Gasteiger partial charge is 0.337 e. The number of hydrogen-bond donors (Lipinski definition) is 2. The van der Waals surface area contributed by atoms with Gasteiger partial charge in [-0.1, -0.05) is 5.16 Å². The molecule has 9 nitrogen and oxygen atoms in total. The topological polar surface area (TPSA) is 130 Å². The number of hydrogen-bond acceptors (Lipinski definition) is 8. The number of nitriles is 1. The van der Waals surface area contributed by atoms with Crippen molar-refractivity contribution in [3.8, 4) is 6.07 Å². The summed E-state index contributed by atoms with van der Waals surface area (Å²) >= 11 is 0. The summed E-state index contributed by atoms with van der Waals surface area (Å²) in [4.78, 5) is 8.86. The minimum Gasteiger partial charge on any atom is -0.337 e. The summed E-state index contributed by atoms with van der Waals surface area (Å²) in [6.45, 7) is 3.44. The zero-order valence-corrected chi connectivity index (χ0v) is 16.3. The van der Waals surface area contributed by atoms with Gasteiger partial charge in [-0.05, 0) is 50.3 Å². The minimum absolute atomic E-state index is 0.0655. The van der Waals surface area contributed by atoms with E-state index in [4.69, 9.17) is 9.78 Å². The van der Waals surface area contributed by atoms with Gasteiger partial charge in [0.2, 0.25) is 5.88 Å². The molecule has 2 rings (SSSR count). The molecule has 1 aromatic heterocycles. The number of aryl methyl sites for hydroxylation is 1. The molecular formula is C18H19N5O4S. The summed E-state index contributed by atoms with van der Waals surface area (Å²) < 4.78 is 32.2. The standard InChI is InChI=1S/C18H19N5O4S/c1-13-14(2)22-27-18(13)23-28(24,25)17-8-6-16(7-9-17)20-10-4-5-15(11-19)12-21-26-3/h4-10,12,21,23H,1-3H3/b5-4+,15-12-,20-10?. The molecule has 0 aliphatic rings. The van der Waals surface area contributed by atoms with Gasteiger partial charge in [-0.15, -0.1) is 0 Å².